The maximum absolute atomic E-state index is 13.9. The summed E-state index contributed by atoms with van der Waals surface area (Å²) in [5, 5.41) is 12.7. The number of halogens is 1. The first-order valence-corrected chi connectivity index (χ1v) is 11.7. The van der Waals surface area contributed by atoms with E-state index in [-0.39, 0.29) is 11.9 Å². The molecule has 0 bridgehead atoms. The second kappa shape index (κ2) is 9.80. The molecular weight excluding hydrogens is 441 g/mol. The molecule has 2 N–H and O–H groups in total. The van der Waals surface area contributed by atoms with Crippen molar-refractivity contribution >= 4 is 17.6 Å². The first kappa shape index (κ1) is 22.3. The van der Waals surface area contributed by atoms with Crippen LogP contribution in [0.5, 0.6) is 5.88 Å². The number of fused-ring (bicyclic) bond motifs is 1. The number of pyridine rings is 1. The Morgan fingerprint density at radius 3 is 2.88 bits per heavy atom. The van der Waals surface area contributed by atoms with Gasteiger partial charge in [0.2, 0.25) is 5.88 Å². The number of rotatable bonds is 7. The van der Waals surface area contributed by atoms with Crippen LogP contribution >= 0.6 is 0 Å². The van der Waals surface area contributed by atoms with Crippen molar-refractivity contribution in [1.29, 1.82) is 0 Å². The third kappa shape index (κ3) is 5.04. The predicted octanol–water partition coefficient (Wildman–Crippen LogP) is 2.96. The Morgan fingerprint density at radius 1 is 1.21 bits per heavy atom. The summed E-state index contributed by atoms with van der Waals surface area (Å²) in [5.41, 5.74) is 1.12. The first-order valence-electron chi connectivity index (χ1n) is 11.7. The molecule has 2 fully saturated rings. The Hall–Kier alpha value is -3.47. The van der Waals surface area contributed by atoms with Crippen LogP contribution in [-0.4, -0.2) is 85.7 Å². The van der Waals surface area contributed by atoms with Crippen molar-refractivity contribution in [1.82, 2.24) is 29.2 Å². The number of imidazole rings is 1. The molecule has 5 heterocycles. The van der Waals surface area contributed by atoms with Crippen molar-refractivity contribution in [2.24, 2.45) is 0 Å². The molecule has 1 atom stereocenters. The van der Waals surface area contributed by atoms with E-state index in [1.165, 1.54) is 30.0 Å². The Kier molecular flexibility index (Phi) is 6.43. The molecule has 2 aliphatic heterocycles. The van der Waals surface area contributed by atoms with Crippen LogP contribution in [-0.2, 0) is 0 Å². The van der Waals surface area contributed by atoms with E-state index in [1.807, 2.05) is 0 Å². The molecule has 0 radical (unpaired) electrons. The lowest BCUT2D eigenvalue weighted by Crippen LogP contribution is -2.44. The number of carbonyl (C=O) groups is 1. The maximum atomic E-state index is 13.9. The van der Waals surface area contributed by atoms with Gasteiger partial charge in [0.15, 0.2) is 5.82 Å². The zero-order valence-electron chi connectivity index (χ0n) is 18.9. The van der Waals surface area contributed by atoms with E-state index in [1.54, 1.807) is 22.7 Å². The van der Waals surface area contributed by atoms with Gasteiger partial charge in [0.1, 0.15) is 29.6 Å². The minimum absolute atomic E-state index is 0.0790. The van der Waals surface area contributed by atoms with Gasteiger partial charge in [0, 0.05) is 37.9 Å². The lowest BCUT2D eigenvalue weighted by Gasteiger charge is -2.31. The number of piperidine rings is 1. The SMILES string of the molecule is O=C(O)N1CCCC(Nc2cc(OCCN3CCCC3)nc(-c3cnc4ccc(F)cn34)n2)C1. The van der Waals surface area contributed by atoms with E-state index in [4.69, 9.17) is 4.74 Å². The fraction of sp³-hybridized carbons (Fsp3) is 0.478. The van der Waals surface area contributed by atoms with Crippen LogP contribution < -0.4 is 10.1 Å². The fourth-order valence-electron chi connectivity index (χ4n) is 4.57. The molecule has 3 aromatic heterocycles. The summed E-state index contributed by atoms with van der Waals surface area (Å²) in [5.74, 6) is 0.901. The van der Waals surface area contributed by atoms with Crippen molar-refractivity contribution in [2.45, 2.75) is 31.7 Å². The fourth-order valence-corrected chi connectivity index (χ4v) is 4.57. The molecular formula is C23H28FN7O3. The topological polar surface area (TPSA) is 108 Å². The monoisotopic (exact) mass is 469 g/mol. The second-order valence-electron chi connectivity index (χ2n) is 8.74. The number of likely N-dealkylation sites (tertiary alicyclic amines) is 2. The average Bonchev–Trinajstić information content (AvgIpc) is 3.49. The van der Waals surface area contributed by atoms with E-state index >= 15 is 0 Å². The largest absolute Gasteiger partial charge is 0.476 e. The molecule has 10 nitrogen and oxygen atoms in total. The number of hydrogen-bond acceptors (Lipinski definition) is 7. The zero-order chi connectivity index (χ0) is 23.5. The van der Waals surface area contributed by atoms with Crippen LogP contribution in [0, 0.1) is 5.82 Å². The van der Waals surface area contributed by atoms with E-state index in [9.17, 15) is 14.3 Å². The minimum Gasteiger partial charge on any atom is -0.476 e. The third-order valence-corrected chi connectivity index (χ3v) is 6.30. The minimum atomic E-state index is -0.923. The molecule has 0 saturated carbocycles. The van der Waals surface area contributed by atoms with Gasteiger partial charge in [-0.25, -0.2) is 19.2 Å². The van der Waals surface area contributed by atoms with Crippen LogP contribution in [0.1, 0.15) is 25.7 Å². The molecule has 2 saturated heterocycles. The van der Waals surface area contributed by atoms with Crippen molar-refractivity contribution in [3.63, 3.8) is 0 Å². The smallest absolute Gasteiger partial charge is 0.407 e. The van der Waals surface area contributed by atoms with Crippen LogP contribution in [0.25, 0.3) is 17.2 Å². The van der Waals surface area contributed by atoms with Gasteiger partial charge in [-0.15, -0.1) is 0 Å². The van der Waals surface area contributed by atoms with Crippen LogP contribution in [0.3, 0.4) is 0 Å². The number of nitrogens with zero attached hydrogens (tertiary/aromatic N) is 6. The van der Waals surface area contributed by atoms with Gasteiger partial charge >= 0.3 is 6.09 Å². The summed E-state index contributed by atoms with van der Waals surface area (Å²) in [4.78, 5) is 28.7. The molecule has 3 aromatic rings. The van der Waals surface area contributed by atoms with Gasteiger partial charge in [-0.2, -0.15) is 4.98 Å². The Labute approximate surface area is 196 Å². The maximum Gasteiger partial charge on any atom is 0.407 e. The number of carboxylic acid groups (broad SMARTS) is 1. The molecule has 11 heteroatoms. The first-order chi connectivity index (χ1) is 16.5. The third-order valence-electron chi connectivity index (χ3n) is 6.30. The molecule has 0 spiro atoms. The van der Waals surface area contributed by atoms with Crippen molar-refractivity contribution in [3.8, 4) is 17.4 Å². The van der Waals surface area contributed by atoms with E-state index < -0.39 is 6.09 Å². The van der Waals surface area contributed by atoms with Gasteiger partial charge in [-0.1, -0.05) is 0 Å². The van der Waals surface area contributed by atoms with E-state index in [2.05, 4.69) is 25.2 Å². The summed E-state index contributed by atoms with van der Waals surface area (Å²) in [6.07, 6.45) is 6.06. The highest BCUT2D eigenvalue weighted by Gasteiger charge is 2.24. The Balaban J connectivity index is 1.41. The average molecular weight is 470 g/mol. The number of amides is 1. The lowest BCUT2D eigenvalue weighted by molar-refractivity contribution is 0.132. The molecule has 180 valence electrons. The highest BCUT2D eigenvalue weighted by atomic mass is 19.1. The van der Waals surface area contributed by atoms with Crippen molar-refractivity contribution in [2.75, 3.05) is 44.6 Å². The highest BCUT2D eigenvalue weighted by Crippen LogP contribution is 2.25. The standard InChI is InChI=1S/C23H28FN7O3/c24-16-5-6-20-25-13-18(31(20)14-16)22-27-19(26-17-4-3-9-30(15-17)23(32)33)12-21(28-22)34-11-10-29-7-1-2-8-29/h5-6,12-14,17H,1-4,7-11,15H2,(H,32,33)(H,26,27,28). The summed E-state index contributed by atoms with van der Waals surface area (Å²) < 4.78 is 21.5. The van der Waals surface area contributed by atoms with Crippen LogP contribution in [0.2, 0.25) is 0 Å². The Morgan fingerprint density at radius 2 is 2.06 bits per heavy atom. The van der Waals surface area contributed by atoms with Gasteiger partial charge in [0.05, 0.1) is 6.20 Å². The lowest BCUT2D eigenvalue weighted by atomic mass is 10.1. The van der Waals surface area contributed by atoms with Gasteiger partial charge in [-0.05, 0) is 50.9 Å². The number of nitrogens with one attached hydrogen (secondary N) is 1. The molecule has 2 aliphatic rings. The Bertz CT molecular complexity index is 1160. The molecule has 0 aliphatic carbocycles. The van der Waals surface area contributed by atoms with Gasteiger partial charge in [0.25, 0.3) is 0 Å². The summed E-state index contributed by atoms with van der Waals surface area (Å²) in [7, 11) is 0. The highest BCUT2D eigenvalue weighted by molar-refractivity contribution is 5.65. The number of ether oxygens (including phenoxy) is 1. The predicted molar refractivity (Wildman–Crippen MR) is 124 cm³/mol. The molecule has 1 amide bonds. The molecule has 0 aromatic carbocycles. The number of hydrogen-bond donors (Lipinski definition) is 2. The summed E-state index contributed by atoms with van der Waals surface area (Å²) in [6.45, 7) is 4.38. The second-order valence-corrected chi connectivity index (χ2v) is 8.74. The summed E-state index contributed by atoms with van der Waals surface area (Å²) in [6, 6.07) is 4.60. The summed E-state index contributed by atoms with van der Waals surface area (Å²) >= 11 is 0. The molecule has 34 heavy (non-hydrogen) atoms. The normalized spacial score (nSPS) is 19.0. The quantitative estimate of drug-likeness (QED) is 0.544. The number of anilines is 1. The van der Waals surface area contributed by atoms with Crippen LogP contribution in [0.15, 0.2) is 30.6 Å². The zero-order valence-corrected chi connectivity index (χ0v) is 18.9. The van der Waals surface area contributed by atoms with Gasteiger partial charge in [-0.3, -0.25) is 9.30 Å². The van der Waals surface area contributed by atoms with E-state index in [0.717, 1.165) is 32.5 Å². The van der Waals surface area contributed by atoms with Crippen LogP contribution in [0.4, 0.5) is 15.0 Å². The molecule has 1 unspecified atom stereocenters. The van der Waals surface area contributed by atoms with Gasteiger partial charge < -0.3 is 20.1 Å². The molecule has 5 rings (SSSR count). The van der Waals surface area contributed by atoms with E-state index in [0.29, 0.717) is 48.6 Å². The number of aromatic nitrogens is 4. The van der Waals surface area contributed by atoms with Crippen molar-refractivity contribution in [3.05, 3.63) is 36.4 Å². The van der Waals surface area contributed by atoms with Crippen molar-refractivity contribution < 1.29 is 19.0 Å².